The molecule has 0 aromatic heterocycles. The Kier molecular flexibility index (Phi) is 5.64. The Balaban J connectivity index is 2.05. The van der Waals surface area contributed by atoms with Crippen LogP contribution in [0, 0.1) is 5.82 Å². The average molecular weight is 321 g/mol. The van der Waals surface area contributed by atoms with Gasteiger partial charge in [-0.05, 0) is 31.7 Å². The first-order valence-corrected chi connectivity index (χ1v) is 7.41. The number of morpholine rings is 1. The highest BCUT2D eigenvalue weighted by Gasteiger charge is 2.21. The Labute approximate surface area is 129 Å². The molecule has 2 atom stereocenters. The van der Waals surface area contributed by atoms with Gasteiger partial charge in [-0.3, -0.25) is 4.90 Å². The highest BCUT2D eigenvalue weighted by molar-refractivity contribution is 6.35. The molecular weight excluding hydrogens is 302 g/mol. The summed E-state index contributed by atoms with van der Waals surface area (Å²) in [7, 11) is 1.98. The van der Waals surface area contributed by atoms with Crippen LogP contribution >= 0.6 is 23.2 Å². The van der Waals surface area contributed by atoms with E-state index < -0.39 is 5.82 Å². The van der Waals surface area contributed by atoms with Crippen molar-refractivity contribution >= 4 is 23.2 Å². The highest BCUT2D eigenvalue weighted by Crippen LogP contribution is 2.31. The van der Waals surface area contributed by atoms with E-state index in [0.29, 0.717) is 5.02 Å². The van der Waals surface area contributed by atoms with E-state index in [1.54, 1.807) is 0 Å². The zero-order chi connectivity index (χ0) is 14.7. The lowest BCUT2D eigenvalue weighted by atomic mass is 10.1. The topological polar surface area (TPSA) is 24.5 Å². The average Bonchev–Trinajstić information content (AvgIpc) is 2.43. The smallest absolute Gasteiger partial charge is 0.142 e. The van der Waals surface area contributed by atoms with E-state index >= 15 is 0 Å². The summed E-state index contributed by atoms with van der Waals surface area (Å²) >= 11 is 11.9. The molecule has 1 aromatic carbocycles. The van der Waals surface area contributed by atoms with Gasteiger partial charge in [0.25, 0.3) is 0 Å². The first-order valence-electron chi connectivity index (χ1n) is 6.66. The maximum atomic E-state index is 13.6. The van der Waals surface area contributed by atoms with E-state index in [1.165, 1.54) is 12.1 Å². The van der Waals surface area contributed by atoms with E-state index in [4.69, 9.17) is 27.9 Å². The molecule has 0 amide bonds. The molecule has 1 saturated heterocycles. The molecule has 1 aliphatic rings. The van der Waals surface area contributed by atoms with Crippen LogP contribution in [0.3, 0.4) is 0 Å². The van der Waals surface area contributed by atoms with Crippen molar-refractivity contribution in [1.29, 1.82) is 0 Å². The summed E-state index contributed by atoms with van der Waals surface area (Å²) in [5.41, 5.74) is 0.736. The molecule has 0 aliphatic carbocycles. The van der Waals surface area contributed by atoms with Crippen molar-refractivity contribution in [3.05, 3.63) is 33.6 Å². The Morgan fingerprint density at radius 3 is 2.85 bits per heavy atom. The molecule has 1 heterocycles. The van der Waals surface area contributed by atoms with Gasteiger partial charge in [0, 0.05) is 30.7 Å². The molecule has 20 heavy (non-hydrogen) atoms. The van der Waals surface area contributed by atoms with Crippen molar-refractivity contribution in [1.82, 2.24) is 10.2 Å². The summed E-state index contributed by atoms with van der Waals surface area (Å²) in [6.45, 7) is 5.20. The predicted molar refractivity (Wildman–Crippen MR) is 80.1 cm³/mol. The number of rotatable bonds is 4. The second-order valence-electron chi connectivity index (χ2n) is 5.10. The van der Waals surface area contributed by atoms with Gasteiger partial charge in [0.2, 0.25) is 0 Å². The number of ether oxygens (including phenoxy) is 1. The molecule has 1 aliphatic heterocycles. The fraction of sp³-hybridized carbons (Fsp3) is 0.571. The number of likely N-dealkylation sites (N-methyl/N-ethyl adjacent to an activating group) is 1. The number of nitrogens with one attached hydrogen (secondary N) is 1. The van der Waals surface area contributed by atoms with Crippen molar-refractivity contribution < 1.29 is 9.13 Å². The van der Waals surface area contributed by atoms with Crippen molar-refractivity contribution in [2.24, 2.45) is 0 Å². The summed E-state index contributed by atoms with van der Waals surface area (Å²) < 4.78 is 19.3. The molecule has 0 bridgehead atoms. The molecule has 3 nitrogen and oxygen atoms in total. The van der Waals surface area contributed by atoms with Crippen molar-refractivity contribution in [3.63, 3.8) is 0 Å². The number of nitrogens with zero attached hydrogens (tertiary/aromatic N) is 1. The van der Waals surface area contributed by atoms with Gasteiger partial charge < -0.3 is 10.1 Å². The first-order chi connectivity index (χ1) is 9.49. The molecule has 0 spiro atoms. The molecule has 112 valence electrons. The van der Waals surface area contributed by atoms with Crippen molar-refractivity contribution in [3.8, 4) is 0 Å². The van der Waals surface area contributed by atoms with Gasteiger partial charge in [-0.25, -0.2) is 4.39 Å². The highest BCUT2D eigenvalue weighted by atomic mass is 35.5. The molecule has 1 fully saturated rings. The molecular formula is C14H19Cl2FN2O. The Bertz CT molecular complexity index is 467. The Morgan fingerprint density at radius 1 is 1.45 bits per heavy atom. The van der Waals surface area contributed by atoms with Crippen LogP contribution in [0.25, 0.3) is 0 Å². The lowest BCUT2D eigenvalue weighted by Gasteiger charge is -2.32. The van der Waals surface area contributed by atoms with Crippen LogP contribution in [0.4, 0.5) is 4.39 Å². The minimum absolute atomic E-state index is 0.0141. The van der Waals surface area contributed by atoms with Gasteiger partial charge in [-0.2, -0.15) is 0 Å². The predicted octanol–water partition coefficient (Wildman–Crippen LogP) is 3.11. The van der Waals surface area contributed by atoms with Gasteiger partial charge in [-0.1, -0.05) is 23.2 Å². The maximum Gasteiger partial charge on any atom is 0.142 e. The minimum Gasteiger partial charge on any atom is -0.374 e. The monoisotopic (exact) mass is 320 g/mol. The van der Waals surface area contributed by atoms with E-state index in [2.05, 4.69) is 10.2 Å². The molecule has 2 unspecified atom stereocenters. The lowest BCUT2D eigenvalue weighted by molar-refractivity contribution is 0.00392. The lowest BCUT2D eigenvalue weighted by Crippen LogP contribution is -2.44. The van der Waals surface area contributed by atoms with Gasteiger partial charge >= 0.3 is 0 Å². The fourth-order valence-corrected chi connectivity index (χ4v) is 2.85. The Hall–Kier alpha value is -0.390. The van der Waals surface area contributed by atoms with Crippen LogP contribution in [0.15, 0.2) is 12.1 Å². The maximum absolute atomic E-state index is 13.6. The third-order valence-electron chi connectivity index (χ3n) is 3.65. The standard InChI is InChI=1S/C14H19Cl2FN2O/c1-9(11-5-14(17)13(16)6-12(11)15)19(2)8-10-7-18-3-4-20-10/h5-6,9-10,18H,3-4,7-8H2,1-2H3. The fourth-order valence-electron chi connectivity index (χ4n) is 2.31. The molecule has 6 heteroatoms. The third-order valence-corrected chi connectivity index (χ3v) is 4.26. The van der Waals surface area contributed by atoms with Crippen LogP contribution in [-0.2, 0) is 4.74 Å². The summed E-state index contributed by atoms with van der Waals surface area (Å²) in [5.74, 6) is -0.443. The van der Waals surface area contributed by atoms with Crippen LogP contribution in [0.2, 0.25) is 10.0 Å². The molecule has 1 aromatic rings. The van der Waals surface area contributed by atoms with Gasteiger partial charge in [-0.15, -0.1) is 0 Å². The zero-order valence-electron chi connectivity index (χ0n) is 11.6. The van der Waals surface area contributed by atoms with Crippen molar-refractivity contribution in [2.45, 2.75) is 19.1 Å². The largest absolute Gasteiger partial charge is 0.374 e. The number of hydrogen-bond donors (Lipinski definition) is 1. The summed E-state index contributed by atoms with van der Waals surface area (Å²) in [4.78, 5) is 2.10. The molecule has 1 N–H and O–H groups in total. The molecule has 2 rings (SSSR count). The first kappa shape index (κ1) is 16.0. The second-order valence-corrected chi connectivity index (χ2v) is 5.91. The summed E-state index contributed by atoms with van der Waals surface area (Å²) in [6.07, 6.45) is 0.145. The third kappa shape index (κ3) is 3.83. The number of halogens is 3. The van der Waals surface area contributed by atoms with Crippen LogP contribution in [0.5, 0.6) is 0 Å². The summed E-state index contributed by atoms with van der Waals surface area (Å²) in [5, 5.41) is 3.83. The normalized spacial score (nSPS) is 21.2. The van der Waals surface area contributed by atoms with Crippen LogP contribution in [-0.4, -0.2) is 44.3 Å². The zero-order valence-corrected chi connectivity index (χ0v) is 13.1. The van der Waals surface area contributed by atoms with Crippen molar-refractivity contribution in [2.75, 3.05) is 33.3 Å². The van der Waals surface area contributed by atoms with E-state index in [9.17, 15) is 4.39 Å². The van der Waals surface area contributed by atoms with Gasteiger partial charge in [0.15, 0.2) is 0 Å². The Morgan fingerprint density at radius 2 is 2.20 bits per heavy atom. The summed E-state index contributed by atoms with van der Waals surface area (Å²) in [6, 6.07) is 2.85. The van der Waals surface area contributed by atoms with E-state index in [1.807, 2.05) is 14.0 Å². The number of benzene rings is 1. The van der Waals surface area contributed by atoms with Crippen LogP contribution < -0.4 is 5.32 Å². The van der Waals surface area contributed by atoms with Gasteiger partial charge in [0.1, 0.15) is 5.82 Å². The van der Waals surface area contributed by atoms with E-state index in [0.717, 1.165) is 31.8 Å². The number of hydrogen-bond acceptors (Lipinski definition) is 3. The molecule has 0 radical (unpaired) electrons. The van der Waals surface area contributed by atoms with E-state index in [-0.39, 0.29) is 17.2 Å². The quantitative estimate of drug-likeness (QED) is 0.863. The SMILES string of the molecule is CC(c1cc(F)c(Cl)cc1Cl)N(C)CC1CNCCO1. The van der Waals surface area contributed by atoms with Crippen LogP contribution in [0.1, 0.15) is 18.5 Å². The molecule has 0 saturated carbocycles. The minimum atomic E-state index is -0.443. The van der Waals surface area contributed by atoms with Gasteiger partial charge in [0.05, 0.1) is 17.7 Å². The second kappa shape index (κ2) is 7.05.